The lowest BCUT2D eigenvalue weighted by Gasteiger charge is -2.36. The van der Waals surface area contributed by atoms with Crippen LogP contribution in [-0.4, -0.2) is 76.2 Å². The molecule has 1 aliphatic rings. The number of hydrogen-bond donors (Lipinski definition) is 1. The third-order valence-corrected chi connectivity index (χ3v) is 6.29. The second kappa shape index (κ2) is 6.38. The zero-order chi connectivity index (χ0) is 16.4. The van der Waals surface area contributed by atoms with E-state index in [4.69, 9.17) is 0 Å². The molecule has 0 aromatic carbocycles. The SMILES string of the molecule is CCN(CC)S(=O)(=O)N1CCN(c2ncnc3nc[nH]c23)CC1. The van der Waals surface area contributed by atoms with Gasteiger partial charge in [-0.2, -0.15) is 17.0 Å². The quantitative estimate of drug-likeness (QED) is 0.827. The fourth-order valence-corrected chi connectivity index (χ4v) is 4.44. The highest BCUT2D eigenvalue weighted by atomic mass is 32.2. The maximum Gasteiger partial charge on any atom is 0.282 e. The van der Waals surface area contributed by atoms with Crippen molar-refractivity contribution in [1.29, 1.82) is 0 Å². The molecule has 0 aliphatic carbocycles. The fraction of sp³-hybridized carbons (Fsp3) is 0.615. The predicted octanol–water partition coefficient (Wildman–Crippen LogP) is 0.0615. The second-order valence-corrected chi connectivity index (χ2v) is 7.21. The van der Waals surface area contributed by atoms with E-state index in [2.05, 4.69) is 24.8 Å². The molecule has 1 aliphatic heterocycles. The molecule has 10 heteroatoms. The van der Waals surface area contributed by atoms with E-state index in [0.717, 1.165) is 11.3 Å². The average molecular weight is 339 g/mol. The van der Waals surface area contributed by atoms with Gasteiger partial charge in [0, 0.05) is 39.3 Å². The molecule has 2 aromatic rings. The van der Waals surface area contributed by atoms with Gasteiger partial charge in [-0.15, -0.1) is 0 Å². The predicted molar refractivity (Wildman–Crippen MR) is 87.3 cm³/mol. The van der Waals surface area contributed by atoms with Crippen molar-refractivity contribution < 1.29 is 8.42 Å². The maximum absolute atomic E-state index is 12.6. The standard InChI is InChI=1S/C13H21N7O2S/c1-3-19(4-2)23(21,22)20-7-5-18(6-8-20)13-11-12(15-9-14-11)16-10-17-13/h9-10H,3-8H2,1-2H3,(H,14,15,16,17). The summed E-state index contributed by atoms with van der Waals surface area (Å²) >= 11 is 0. The second-order valence-electron chi connectivity index (χ2n) is 5.28. The molecule has 0 atom stereocenters. The van der Waals surface area contributed by atoms with Crippen molar-refractivity contribution in [3.8, 4) is 0 Å². The number of piperazine rings is 1. The van der Waals surface area contributed by atoms with Crippen molar-refractivity contribution in [3.05, 3.63) is 12.7 Å². The van der Waals surface area contributed by atoms with E-state index in [1.807, 2.05) is 13.8 Å². The zero-order valence-corrected chi connectivity index (χ0v) is 14.1. The first-order valence-electron chi connectivity index (χ1n) is 7.72. The number of aromatic amines is 1. The molecule has 126 valence electrons. The van der Waals surface area contributed by atoms with Crippen molar-refractivity contribution in [1.82, 2.24) is 28.5 Å². The number of rotatable bonds is 5. The molecule has 2 aromatic heterocycles. The average Bonchev–Trinajstić information content (AvgIpc) is 3.04. The lowest BCUT2D eigenvalue weighted by Crippen LogP contribution is -2.53. The van der Waals surface area contributed by atoms with Gasteiger partial charge in [0.05, 0.1) is 6.33 Å². The Kier molecular flexibility index (Phi) is 4.46. The van der Waals surface area contributed by atoms with Crippen LogP contribution < -0.4 is 4.90 Å². The van der Waals surface area contributed by atoms with Crippen LogP contribution in [0.3, 0.4) is 0 Å². The summed E-state index contributed by atoms with van der Waals surface area (Å²) in [4.78, 5) is 17.7. The van der Waals surface area contributed by atoms with Crippen LogP contribution in [0, 0.1) is 0 Å². The van der Waals surface area contributed by atoms with Crippen molar-refractivity contribution in [3.63, 3.8) is 0 Å². The van der Waals surface area contributed by atoms with Gasteiger partial charge >= 0.3 is 0 Å². The zero-order valence-electron chi connectivity index (χ0n) is 13.3. The Balaban J connectivity index is 1.75. The van der Waals surface area contributed by atoms with Crippen molar-refractivity contribution in [2.24, 2.45) is 0 Å². The molecular weight excluding hydrogens is 318 g/mol. The summed E-state index contributed by atoms with van der Waals surface area (Å²) in [5, 5.41) is 0. The molecule has 0 amide bonds. The minimum atomic E-state index is -3.37. The number of aromatic nitrogens is 4. The number of H-pyrrole nitrogens is 1. The number of nitrogens with one attached hydrogen (secondary N) is 1. The highest BCUT2D eigenvalue weighted by Gasteiger charge is 2.31. The van der Waals surface area contributed by atoms with Crippen LogP contribution in [0.15, 0.2) is 12.7 Å². The largest absolute Gasteiger partial charge is 0.352 e. The van der Waals surface area contributed by atoms with Crippen LogP contribution in [0.25, 0.3) is 11.2 Å². The monoisotopic (exact) mass is 339 g/mol. The molecule has 9 nitrogen and oxygen atoms in total. The third-order valence-electron chi connectivity index (χ3n) is 4.10. The Morgan fingerprint density at radius 2 is 1.83 bits per heavy atom. The summed E-state index contributed by atoms with van der Waals surface area (Å²) in [6, 6.07) is 0. The van der Waals surface area contributed by atoms with Crippen LogP contribution in [0.2, 0.25) is 0 Å². The van der Waals surface area contributed by atoms with E-state index in [1.54, 1.807) is 10.6 Å². The number of imidazole rings is 1. The van der Waals surface area contributed by atoms with Crippen LogP contribution >= 0.6 is 0 Å². The lowest BCUT2D eigenvalue weighted by atomic mass is 10.3. The topological polar surface area (TPSA) is 98.3 Å². The first-order chi connectivity index (χ1) is 11.1. The van der Waals surface area contributed by atoms with Gasteiger partial charge < -0.3 is 9.88 Å². The van der Waals surface area contributed by atoms with Crippen LogP contribution in [0.5, 0.6) is 0 Å². The normalized spacial score (nSPS) is 17.3. The van der Waals surface area contributed by atoms with E-state index in [9.17, 15) is 8.42 Å². The van der Waals surface area contributed by atoms with Gasteiger partial charge in [0.15, 0.2) is 11.5 Å². The number of anilines is 1. The molecule has 0 saturated carbocycles. The van der Waals surface area contributed by atoms with Gasteiger partial charge in [0.25, 0.3) is 10.2 Å². The first kappa shape index (κ1) is 16.1. The van der Waals surface area contributed by atoms with E-state index in [1.165, 1.54) is 10.6 Å². The molecule has 1 N–H and O–H groups in total. The summed E-state index contributed by atoms with van der Waals surface area (Å²) in [5.74, 6) is 0.771. The van der Waals surface area contributed by atoms with Gasteiger partial charge in [-0.3, -0.25) is 0 Å². The smallest absolute Gasteiger partial charge is 0.282 e. The van der Waals surface area contributed by atoms with E-state index in [0.29, 0.717) is 44.9 Å². The third kappa shape index (κ3) is 2.89. The van der Waals surface area contributed by atoms with E-state index >= 15 is 0 Å². The Morgan fingerprint density at radius 1 is 1.13 bits per heavy atom. The molecule has 23 heavy (non-hydrogen) atoms. The number of fused-ring (bicyclic) bond motifs is 1. The maximum atomic E-state index is 12.6. The number of hydrogen-bond acceptors (Lipinski definition) is 6. The van der Waals surface area contributed by atoms with E-state index in [-0.39, 0.29) is 0 Å². The lowest BCUT2D eigenvalue weighted by molar-refractivity contribution is 0.334. The van der Waals surface area contributed by atoms with Gasteiger partial charge in [0.1, 0.15) is 11.8 Å². The Bertz CT molecular complexity index is 763. The van der Waals surface area contributed by atoms with Gasteiger partial charge in [-0.25, -0.2) is 15.0 Å². The summed E-state index contributed by atoms with van der Waals surface area (Å²) < 4.78 is 28.1. The van der Waals surface area contributed by atoms with Crippen LogP contribution in [0.1, 0.15) is 13.8 Å². The summed E-state index contributed by atoms with van der Waals surface area (Å²) in [6.45, 7) is 6.74. The molecule has 0 unspecified atom stereocenters. The van der Waals surface area contributed by atoms with Gasteiger partial charge in [-0.05, 0) is 0 Å². The molecule has 0 radical (unpaired) electrons. The molecule has 3 rings (SSSR count). The van der Waals surface area contributed by atoms with Crippen molar-refractivity contribution >= 4 is 27.2 Å². The van der Waals surface area contributed by atoms with Crippen LogP contribution in [0.4, 0.5) is 5.82 Å². The molecule has 0 bridgehead atoms. The summed E-state index contributed by atoms with van der Waals surface area (Å²) in [7, 11) is -3.37. The van der Waals surface area contributed by atoms with Crippen molar-refractivity contribution in [2.75, 3.05) is 44.2 Å². The van der Waals surface area contributed by atoms with Crippen LogP contribution in [-0.2, 0) is 10.2 Å². The van der Waals surface area contributed by atoms with Crippen molar-refractivity contribution in [2.45, 2.75) is 13.8 Å². The highest BCUT2D eigenvalue weighted by Crippen LogP contribution is 2.22. The molecule has 1 saturated heterocycles. The Hall–Kier alpha value is -1.78. The summed E-state index contributed by atoms with van der Waals surface area (Å²) in [5.41, 5.74) is 1.40. The van der Waals surface area contributed by atoms with Gasteiger partial charge in [0.2, 0.25) is 0 Å². The Labute approximate surface area is 135 Å². The molecule has 1 fully saturated rings. The summed E-state index contributed by atoms with van der Waals surface area (Å²) in [6.07, 6.45) is 3.07. The molecule has 0 spiro atoms. The minimum absolute atomic E-state index is 0.443. The first-order valence-corrected chi connectivity index (χ1v) is 9.11. The molecule has 3 heterocycles. The minimum Gasteiger partial charge on any atom is -0.352 e. The number of nitrogens with zero attached hydrogens (tertiary/aromatic N) is 6. The van der Waals surface area contributed by atoms with E-state index < -0.39 is 10.2 Å². The highest BCUT2D eigenvalue weighted by molar-refractivity contribution is 7.86. The molecular formula is C13H21N7O2S. The Morgan fingerprint density at radius 3 is 2.48 bits per heavy atom. The fourth-order valence-electron chi connectivity index (χ4n) is 2.84. The van der Waals surface area contributed by atoms with Gasteiger partial charge in [-0.1, -0.05) is 13.8 Å².